The number of hydrogen-bond donors (Lipinski definition) is 1. The number of rotatable bonds is 3. The summed E-state index contributed by atoms with van der Waals surface area (Å²) in [5.41, 5.74) is 2.12. The van der Waals surface area contributed by atoms with E-state index in [2.05, 4.69) is 54.9 Å². The number of anilines is 3. The van der Waals surface area contributed by atoms with Gasteiger partial charge in [0.15, 0.2) is 0 Å². The second kappa shape index (κ2) is 5.31. The molecule has 0 unspecified atom stereocenters. The second-order valence-corrected chi connectivity index (χ2v) is 5.04. The van der Waals surface area contributed by atoms with Gasteiger partial charge in [0, 0.05) is 41.4 Å². The maximum absolute atomic E-state index is 4.20. The van der Waals surface area contributed by atoms with Crippen LogP contribution in [0.5, 0.6) is 0 Å². The molecule has 1 aromatic carbocycles. The molecule has 5 heteroatoms. The van der Waals surface area contributed by atoms with Crippen molar-refractivity contribution in [3.8, 4) is 0 Å². The van der Waals surface area contributed by atoms with Gasteiger partial charge in [0.2, 0.25) is 5.95 Å². The molecule has 1 aromatic heterocycles. The van der Waals surface area contributed by atoms with Crippen molar-refractivity contribution in [2.75, 3.05) is 24.3 Å². The molecule has 88 valence electrons. The average molecular weight is 340 g/mol. The molecule has 0 aliphatic rings. The highest BCUT2D eigenvalue weighted by molar-refractivity contribution is 14.1. The van der Waals surface area contributed by atoms with Crippen molar-refractivity contribution in [1.82, 2.24) is 9.97 Å². The highest BCUT2D eigenvalue weighted by Gasteiger charge is 2.00. The lowest BCUT2D eigenvalue weighted by atomic mass is 10.2. The largest absolute Gasteiger partial charge is 0.378 e. The molecule has 0 amide bonds. The SMILES string of the molecule is CN(C)c1cccc(Nc2ncc(I)cn2)c1. The van der Waals surface area contributed by atoms with E-state index >= 15 is 0 Å². The minimum Gasteiger partial charge on any atom is -0.378 e. The van der Waals surface area contributed by atoms with Gasteiger partial charge in [0.1, 0.15) is 0 Å². The van der Waals surface area contributed by atoms with Crippen molar-refractivity contribution in [1.29, 1.82) is 0 Å². The summed E-state index contributed by atoms with van der Waals surface area (Å²) in [7, 11) is 4.03. The molecule has 0 aliphatic heterocycles. The van der Waals surface area contributed by atoms with Crippen LogP contribution in [0, 0.1) is 3.57 Å². The van der Waals surface area contributed by atoms with Crippen molar-refractivity contribution in [3.63, 3.8) is 0 Å². The quantitative estimate of drug-likeness (QED) is 0.873. The lowest BCUT2D eigenvalue weighted by Gasteiger charge is -2.13. The third-order valence-electron chi connectivity index (χ3n) is 2.24. The Morgan fingerprint density at radius 1 is 1.18 bits per heavy atom. The van der Waals surface area contributed by atoms with Gasteiger partial charge >= 0.3 is 0 Å². The van der Waals surface area contributed by atoms with Crippen LogP contribution in [0.4, 0.5) is 17.3 Å². The first-order valence-electron chi connectivity index (χ1n) is 5.17. The highest BCUT2D eigenvalue weighted by Crippen LogP contribution is 2.19. The molecule has 4 nitrogen and oxygen atoms in total. The first kappa shape index (κ1) is 12.1. The Kier molecular flexibility index (Phi) is 3.78. The average Bonchev–Trinajstić information content (AvgIpc) is 2.32. The van der Waals surface area contributed by atoms with Crippen LogP contribution < -0.4 is 10.2 Å². The molecular weight excluding hydrogens is 327 g/mol. The molecule has 0 spiro atoms. The number of nitrogens with zero attached hydrogens (tertiary/aromatic N) is 3. The molecule has 0 fully saturated rings. The first-order chi connectivity index (χ1) is 8.15. The van der Waals surface area contributed by atoms with E-state index in [1.54, 1.807) is 12.4 Å². The Bertz CT molecular complexity index is 496. The first-order valence-corrected chi connectivity index (χ1v) is 6.25. The normalized spacial score (nSPS) is 10.1. The molecule has 0 atom stereocenters. The summed E-state index contributed by atoms with van der Waals surface area (Å²) in [5, 5.41) is 3.17. The molecule has 0 aliphatic carbocycles. The number of aromatic nitrogens is 2. The number of nitrogens with one attached hydrogen (secondary N) is 1. The van der Waals surface area contributed by atoms with E-state index in [0.717, 1.165) is 14.9 Å². The number of halogens is 1. The molecule has 1 N–H and O–H groups in total. The van der Waals surface area contributed by atoms with Crippen LogP contribution in [0.2, 0.25) is 0 Å². The molecule has 2 rings (SSSR count). The van der Waals surface area contributed by atoms with Crippen LogP contribution in [0.1, 0.15) is 0 Å². The lowest BCUT2D eigenvalue weighted by Crippen LogP contribution is -2.08. The maximum Gasteiger partial charge on any atom is 0.227 e. The summed E-state index contributed by atoms with van der Waals surface area (Å²) < 4.78 is 1.02. The van der Waals surface area contributed by atoms with Crippen molar-refractivity contribution in [2.45, 2.75) is 0 Å². The number of hydrogen-bond acceptors (Lipinski definition) is 4. The second-order valence-electron chi connectivity index (χ2n) is 3.79. The minimum absolute atomic E-state index is 0.612. The zero-order valence-electron chi connectivity index (χ0n) is 9.68. The fourth-order valence-corrected chi connectivity index (χ4v) is 1.65. The van der Waals surface area contributed by atoms with Gasteiger partial charge in [-0.05, 0) is 40.8 Å². The zero-order valence-corrected chi connectivity index (χ0v) is 11.8. The van der Waals surface area contributed by atoms with E-state index in [9.17, 15) is 0 Å². The van der Waals surface area contributed by atoms with Crippen LogP contribution in [-0.4, -0.2) is 24.1 Å². The van der Waals surface area contributed by atoms with Crippen molar-refractivity contribution < 1.29 is 0 Å². The molecular formula is C12H13IN4. The Labute approximate surface area is 114 Å². The van der Waals surface area contributed by atoms with Gasteiger partial charge in [-0.1, -0.05) is 6.07 Å². The molecule has 17 heavy (non-hydrogen) atoms. The fraction of sp³-hybridized carbons (Fsp3) is 0.167. The third-order valence-corrected chi connectivity index (χ3v) is 2.80. The van der Waals surface area contributed by atoms with Gasteiger partial charge in [-0.2, -0.15) is 0 Å². The van der Waals surface area contributed by atoms with Crippen LogP contribution in [0.25, 0.3) is 0 Å². The Morgan fingerprint density at radius 2 is 1.88 bits per heavy atom. The van der Waals surface area contributed by atoms with E-state index in [1.807, 2.05) is 26.2 Å². The van der Waals surface area contributed by atoms with Gasteiger partial charge in [-0.25, -0.2) is 9.97 Å². The summed E-state index contributed by atoms with van der Waals surface area (Å²) in [4.78, 5) is 10.5. The van der Waals surface area contributed by atoms with E-state index < -0.39 is 0 Å². The Balaban J connectivity index is 2.18. The summed E-state index contributed by atoms with van der Waals surface area (Å²) in [5.74, 6) is 0.612. The van der Waals surface area contributed by atoms with Crippen molar-refractivity contribution in [2.24, 2.45) is 0 Å². The number of benzene rings is 1. The summed E-state index contributed by atoms with van der Waals surface area (Å²) in [6.07, 6.45) is 3.57. The maximum atomic E-state index is 4.20. The fourth-order valence-electron chi connectivity index (χ4n) is 1.37. The molecule has 0 saturated heterocycles. The predicted molar refractivity (Wildman–Crippen MR) is 78.8 cm³/mol. The van der Waals surface area contributed by atoms with E-state index in [4.69, 9.17) is 0 Å². The molecule has 0 saturated carbocycles. The van der Waals surface area contributed by atoms with Gasteiger partial charge < -0.3 is 10.2 Å². The van der Waals surface area contributed by atoms with Crippen LogP contribution in [0.3, 0.4) is 0 Å². The zero-order chi connectivity index (χ0) is 12.3. The predicted octanol–water partition coefficient (Wildman–Crippen LogP) is 2.89. The van der Waals surface area contributed by atoms with E-state index in [-0.39, 0.29) is 0 Å². The topological polar surface area (TPSA) is 41.0 Å². The lowest BCUT2D eigenvalue weighted by molar-refractivity contribution is 1.13. The summed E-state index contributed by atoms with van der Waals surface area (Å²) in [6, 6.07) is 8.11. The molecule has 2 aromatic rings. The summed E-state index contributed by atoms with van der Waals surface area (Å²) >= 11 is 2.18. The molecule has 1 heterocycles. The summed E-state index contributed by atoms with van der Waals surface area (Å²) in [6.45, 7) is 0. The van der Waals surface area contributed by atoms with Gasteiger partial charge in [-0.3, -0.25) is 0 Å². The van der Waals surface area contributed by atoms with Gasteiger partial charge in [-0.15, -0.1) is 0 Å². The van der Waals surface area contributed by atoms with Gasteiger partial charge in [0.25, 0.3) is 0 Å². The standard InChI is InChI=1S/C12H13IN4/c1-17(2)11-5-3-4-10(6-11)16-12-14-7-9(13)8-15-12/h3-8H,1-2H3,(H,14,15,16). The Morgan fingerprint density at radius 3 is 2.53 bits per heavy atom. The van der Waals surface area contributed by atoms with Crippen molar-refractivity contribution >= 4 is 39.9 Å². The molecule has 0 radical (unpaired) electrons. The smallest absolute Gasteiger partial charge is 0.227 e. The van der Waals surface area contributed by atoms with Crippen LogP contribution >= 0.6 is 22.6 Å². The van der Waals surface area contributed by atoms with Crippen molar-refractivity contribution in [3.05, 3.63) is 40.2 Å². The van der Waals surface area contributed by atoms with Crippen LogP contribution in [-0.2, 0) is 0 Å². The van der Waals surface area contributed by atoms with Crippen LogP contribution in [0.15, 0.2) is 36.7 Å². The van der Waals surface area contributed by atoms with E-state index in [0.29, 0.717) is 5.95 Å². The van der Waals surface area contributed by atoms with Gasteiger partial charge in [0.05, 0.1) is 0 Å². The minimum atomic E-state index is 0.612. The highest BCUT2D eigenvalue weighted by atomic mass is 127. The Hall–Kier alpha value is -1.37. The molecule has 0 bridgehead atoms. The third kappa shape index (κ3) is 3.29. The van der Waals surface area contributed by atoms with E-state index in [1.165, 1.54) is 0 Å². The monoisotopic (exact) mass is 340 g/mol.